The van der Waals surface area contributed by atoms with Gasteiger partial charge in [0.25, 0.3) is 5.91 Å². The van der Waals surface area contributed by atoms with Crippen LogP contribution in [0.1, 0.15) is 39.3 Å². The first-order chi connectivity index (χ1) is 26.0. The summed E-state index contributed by atoms with van der Waals surface area (Å²) in [6.45, 7) is -0.175. The number of alkyl carbamates (subject to hydrolysis) is 1. The van der Waals surface area contributed by atoms with Crippen LogP contribution in [0.25, 0.3) is 11.1 Å². The maximum Gasteiger partial charge on any atom is 0.407 e. The molecule has 53 heavy (non-hydrogen) atoms. The largest absolute Gasteiger partial charge is 0.459 e. The Balaban J connectivity index is 1.17. The molecule has 6 aromatic rings. The van der Waals surface area contributed by atoms with Crippen molar-refractivity contribution in [2.45, 2.75) is 30.2 Å². The Kier molecular flexibility index (Phi) is 10.4. The van der Waals surface area contributed by atoms with Gasteiger partial charge in [-0.05, 0) is 44.5 Å². The predicted octanol–water partition coefficient (Wildman–Crippen LogP) is 7.11. The molecule has 0 spiro atoms. The number of nitrogens with one attached hydrogen (secondary N) is 2. The highest BCUT2D eigenvalue weighted by atomic mass is 16.6. The zero-order valence-corrected chi connectivity index (χ0v) is 28.8. The van der Waals surface area contributed by atoms with Gasteiger partial charge in [0.15, 0.2) is 12.1 Å². The number of rotatable bonds is 12. The number of carbonyl (C=O) groups is 3. The van der Waals surface area contributed by atoms with Crippen LogP contribution in [0.5, 0.6) is 0 Å². The molecule has 0 aromatic heterocycles. The SMILES string of the molecule is O=C(N[C@H](C(=O)OCc1ccccc1)[C@H](O)C(=O)NC(c1ccccc1)(c1ccccc1)c1ccccc1)OCC1c2ccccc2-c2ccccc21. The van der Waals surface area contributed by atoms with E-state index >= 15 is 0 Å². The van der Waals surface area contributed by atoms with Crippen LogP contribution in [0.4, 0.5) is 4.79 Å². The number of aliphatic hydroxyl groups excluding tert-OH is 1. The van der Waals surface area contributed by atoms with E-state index in [0.717, 1.165) is 22.3 Å². The van der Waals surface area contributed by atoms with Gasteiger partial charge in [0.05, 0.1) is 0 Å². The van der Waals surface area contributed by atoms with E-state index in [2.05, 4.69) is 10.6 Å². The van der Waals surface area contributed by atoms with Crippen LogP contribution in [0.3, 0.4) is 0 Å². The van der Waals surface area contributed by atoms with Crippen molar-refractivity contribution in [2.24, 2.45) is 0 Å². The van der Waals surface area contributed by atoms with Crippen LogP contribution in [0.15, 0.2) is 170 Å². The smallest absolute Gasteiger partial charge is 0.407 e. The Labute approximate surface area is 308 Å². The Morgan fingerprint density at radius 2 is 1.02 bits per heavy atom. The van der Waals surface area contributed by atoms with E-state index in [1.807, 2.05) is 146 Å². The third-order valence-corrected chi connectivity index (χ3v) is 9.61. The molecule has 8 heteroatoms. The lowest BCUT2D eigenvalue weighted by atomic mass is 9.76. The molecule has 0 aliphatic heterocycles. The summed E-state index contributed by atoms with van der Waals surface area (Å²) in [7, 11) is 0. The topological polar surface area (TPSA) is 114 Å². The number of hydrogen-bond donors (Lipinski definition) is 3. The average Bonchev–Trinajstić information content (AvgIpc) is 3.54. The summed E-state index contributed by atoms with van der Waals surface area (Å²) < 4.78 is 11.3. The maximum atomic E-state index is 14.4. The van der Waals surface area contributed by atoms with Crippen LogP contribution >= 0.6 is 0 Å². The van der Waals surface area contributed by atoms with E-state index in [1.54, 1.807) is 24.3 Å². The van der Waals surface area contributed by atoms with Crippen molar-refractivity contribution in [3.63, 3.8) is 0 Å². The third kappa shape index (κ3) is 7.31. The molecular weight excluding hydrogens is 665 g/mol. The first-order valence-electron chi connectivity index (χ1n) is 17.4. The molecule has 0 fully saturated rings. The normalized spacial score (nSPS) is 13.2. The third-order valence-electron chi connectivity index (χ3n) is 9.61. The van der Waals surface area contributed by atoms with Crippen molar-refractivity contribution in [3.05, 3.63) is 203 Å². The molecule has 6 aromatic carbocycles. The summed E-state index contributed by atoms with van der Waals surface area (Å²) in [5.74, 6) is -2.16. The number of fused-ring (bicyclic) bond motifs is 3. The minimum absolute atomic E-state index is 0.0347. The Morgan fingerprint density at radius 1 is 0.585 bits per heavy atom. The molecule has 0 bridgehead atoms. The van der Waals surface area contributed by atoms with E-state index in [-0.39, 0.29) is 19.1 Å². The molecule has 7 rings (SSSR count). The summed E-state index contributed by atoms with van der Waals surface area (Å²) in [5.41, 5.74) is 5.69. The molecule has 1 aliphatic carbocycles. The van der Waals surface area contributed by atoms with Crippen molar-refractivity contribution in [1.82, 2.24) is 10.6 Å². The quantitative estimate of drug-likeness (QED) is 0.0926. The molecule has 1 aliphatic rings. The summed E-state index contributed by atoms with van der Waals surface area (Å²) in [5, 5.41) is 17.3. The molecule has 0 unspecified atom stereocenters. The highest BCUT2D eigenvalue weighted by molar-refractivity contribution is 5.92. The number of ether oxygens (including phenoxy) is 2. The predicted molar refractivity (Wildman–Crippen MR) is 202 cm³/mol. The number of hydrogen-bond acceptors (Lipinski definition) is 6. The van der Waals surface area contributed by atoms with Gasteiger partial charge in [-0.25, -0.2) is 9.59 Å². The zero-order chi connectivity index (χ0) is 36.6. The van der Waals surface area contributed by atoms with Gasteiger partial charge in [-0.1, -0.05) is 170 Å². The maximum absolute atomic E-state index is 14.4. The molecule has 0 saturated heterocycles. The van der Waals surface area contributed by atoms with Crippen molar-refractivity contribution < 1.29 is 29.0 Å². The molecule has 8 nitrogen and oxygen atoms in total. The second kappa shape index (κ2) is 15.8. The van der Waals surface area contributed by atoms with E-state index in [1.165, 1.54) is 0 Å². The van der Waals surface area contributed by atoms with Gasteiger partial charge in [0.1, 0.15) is 18.8 Å². The summed E-state index contributed by atoms with van der Waals surface area (Å²) in [6, 6.07) is 51.1. The van der Waals surface area contributed by atoms with Gasteiger partial charge >= 0.3 is 12.1 Å². The Morgan fingerprint density at radius 3 is 1.51 bits per heavy atom. The molecule has 0 saturated carbocycles. The fourth-order valence-electron chi connectivity index (χ4n) is 7.04. The second-order valence-electron chi connectivity index (χ2n) is 12.8. The highest BCUT2D eigenvalue weighted by Gasteiger charge is 2.43. The number of esters is 1. The van der Waals surface area contributed by atoms with Crippen LogP contribution < -0.4 is 10.6 Å². The van der Waals surface area contributed by atoms with Crippen molar-refractivity contribution in [2.75, 3.05) is 6.61 Å². The standard InChI is InChI=1S/C45H38N2O6/c48-41(42(49)47-45(32-19-7-2-8-20-32,33-21-9-3-10-22-33)34-23-11-4-12-24-34)40(43(50)52-29-31-17-5-1-6-18-31)46-44(51)53-30-39-37-27-15-13-25-35(37)36-26-14-16-28-38(36)39/h1-28,39-41,48H,29-30H2,(H,46,51)(H,47,49)/t40-,41-/m0/s1. The summed E-state index contributed by atoms with van der Waals surface area (Å²) in [6.07, 6.45) is -3.06. The first kappa shape index (κ1) is 34.9. The molecule has 2 atom stereocenters. The second-order valence-corrected chi connectivity index (χ2v) is 12.8. The first-order valence-corrected chi connectivity index (χ1v) is 17.4. The lowest BCUT2D eigenvalue weighted by Crippen LogP contribution is -2.59. The van der Waals surface area contributed by atoms with E-state index < -0.39 is 35.7 Å². The van der Waals surface area contributed by atoms with Gasteiger partial charge in [0.2, 0.25) is 0 Å². The molecule has 2 amide bonds. The fourth-order valence-corrected chi connectivity index (χ4v) is 7.04. The summed E-state index contributed by atoms with van der Waals surface area (Å²) in [4.78, 5) is 41.6. The van der Waals surface area contributed by atoms with Crippen LogP contribution in [0, 0.1) is 0 Å². The summed E-state index contributed by atoms with van der Waals surface area (Å²) >= 11 is 0. The number of carbonyl (C=O) groups excluding carboxylic acids is 3. The molecule has 264 valence electrons. The monoisotopic (exact) mass is 702 g/mol. The lowest BCUT2D eigenvalue weighted by molar-refractivity contribution is -0.154. The van der Waals surface area contributed by atoms with Gasteiger partial charge in [-0.3, -0.25) is 4.79 Å². The Bertz CT molecular complexity index is 2040. The molecular formula is C45H38N2O6. The van der Waals surface area contributed by atoms with Crippen molar-refractivity contribution in [1.29, 1.82) is 0 Å². The number of amides is 2. The van der Waals surface area contributed by atoms with Crippen LogP contribution in [0.2, 0.25) is 0 Å². The number of benzene rings is 6. The van der Waals surface area contributed by atoms with E-state index in [4.69, 9.17) is 9.47 Å². The van der Waals surface area contributed by atoms with Gasteiger partial charge < -0.3 is 25.2 Å². The molecule has 0 radical (unpaired) electrons. The van der Waals surface area contributed by atoms with Crippen LogP contribution in [-0.4, -0.2) is 41.8 Å². The van der Waals surface area contributed by atoms with Crippen LogP contribution in [-0.2, 0) is 31.2 Å². The van der Waals surface area contributed by atoms with Gasteiger partial charge in [-0.2, -0.15) is 0 Å². The van der Waals surface area contributed by atoms with Gasteiger partial charge in [0, 0.05) is 5.92 Å². The highest BCUT2D eigenvalue weighted by Crippen LogP contribution is 2.44. The van der Waals surface area contributed by atoms with E-state index in [0.29, 0.717) is 22.3 Å². The van der Waals surface area contributed by atoms with Gasteiger partial charge in [-0.15, -0.1) is 0 Å². The zero-order valence-electron chi connectivity index (χ0n) is 28.8. The number of aliphatic hydroxyl groups is 1. The van der Waals surface area contributed by atoms with E-state index in [9.17, 15) is 19.5 Å². The Hall–Kier alpha value is -6.51. The average molecular weight is 703 g/mol. The minimum atomic E-state index is -2.07. The molecule has 0 heterocycles. The minimum Gasteiger partial charge on any atom is -0.459 e. The lowest BCUT2D eigenvalue weighted by Gasteiger charge is -2.38. The van der Waals surface area contributed by atoms with Crippen molar-refractivity contribution in [3.8, 4) is 11.1 Å². The van der Waals surface area contributed by atoms with Crippen molar-refractivity contribution >= 4 is 18.0 Å². The molecule has 3 N–H and O–H groups in total. The fraction of sp³-hybridized carbons (Fsp3) is 0.133.